The predicted octanol–water partition coefficient (Wildman–Crippen LogP) is 4.46. The summed E-state index contributed by atoms with van der Waals surface area (Å²) in [7, 11) is 3.05. The highest BCUT2D eigenvalue weighted by Gasteiger charge is 2.21. The van der Waals surface area contributed by atoms with Crippen molar-refractivity contribution < 1.29 is 19.1 Å². The van der Waals surface area contributed by atoms with Crippen molar-refractivity contribution in [3.8, 4) is 11.5 Å². The summed E-state index contributed by atoms with van der Waals surface area (Å²) in [5.41, 5.74) is 1.65. The zero-order chi connectivity index (χ0) is 18.6. The van der Waals surface area contributed by atoms with Gasteiger partial charge in [0.05, 0.1) is 14.2 Å². The number of rotatable bonds is 7. The van der Waals surface area contributed by atoms with Crippen molar-refractivity contribution in [2.75, 3.05) is 14.2 Å². The summed E-state index contributed by atoms with van der Waals surface area (Å²) < 4.78 is 11.5. The van der Waals surface area contributed by atoms with Crippen LogP contribution in [0.15, 0.2) is 40.9 Å². The van der Waals surface area contributed by atoms with Gasteiger partial charge < -0.3 is 9.47 Å². The van der Waals surface area contributed by atoms with Gasteiger partial charge in [-0.15, -0.1) is 0 Å². The van der Waals surface area contributed by atoms with E-state index in [1.807, 2.05) is 26.0 Å². The Morgan fingerprint density at radius 3 is 2.08 bits per heavy atom. The summed E-state index contributed by atoms with van der Waals surface area (Å²) in [6.45, 7) is 3.69. The molecule has 0 saturated heterocycles. The maximum absolute atomic E-state index is 13.0. The molecule has 0 bridgehead atoms. The Bertz CT molecular complexity index is 779. The van der Waals surface area contributed by atoms with Crippen molar-refractivity contribution in [1.82, 2.24) is 0 Å². The number of benzene rings is 2. The molecule has 2 rings (SSSR count). The first kappa shape index (κ1) is 19.2. The van der Waals surface area contributed by atoms with Gasteiger partial charge in [0.15, 0.2) is 17.3 Å². The van der Waals surface area contributed by atoms with Crippen LogP contribution in [0.2, 0.25) is 0 Å². The molecule has 0 aromatic heterocycles. The summed E-state index contributed by atoms with van der Waals surface area (Å²) >= 11 is 3.36. The van der Waals surface area contributed by atoms with Gasteiger partial charge in [-0.25, -0.2) is 0 Å². The first-order chi connectivity index (χ1) is 11.9. The van der Waals surface area contributed by atoms with Crippen molar-refractivity contribution in [3.63, 3.8) is 0 Å². The van der Waals surface area contributed by atoms with Crippen LogP contribution in [0.4, 0.5) is 0 Å². The molecule has 0 unspecified atom stereocenters. The molecule has 0 radical (unpaired) electrons. The summed E-state index contributed by atoms with van der Waals surface area (Å²) in [5, 5.41) is 0. The lowest BCUT2D eigenvalue weighted by atomic mass is 9.92. The van der Waals surface area contributed by atoms with Gasteiger partial charge in [-0.3, -0.25) is 9.59 Å². The molecule has 5 heteroatoms. The van der Waals surface area contributed by atoms with E-state index in [0.29, 0.717) is 28.2 Å². The fraction of sp³-hybridized carbons (Fsp3) is 0.300. The Morgan fingerprint density at radius 1 is 1.00 bits per heavy atom. The summed E-state index contributed by atoms with van der Waals surface area (Å²) in [5.74, 6) is 0.769. The average Bonchev–Trinajstić information content (AvgIpc) is 2.61. The quantitative estimate of drug-likeness (QED) is 0.638. The molecule has 0 amide bonds. The molecule has 0 aliphatic rings. The van der Waals surface area contributed by atoms with E-state index in [2.05, 4.69) is 15.9 Å². The number of methoxy groups -OCH3 is 2. The number of Topliss-reactive ketones (excluding diaryl/α,β-unsaturated/α-hetero) is 1. The topological polar surface area (TPSA) is 52.6 Å². The van der Waals surface area contributed by atoms with Crippen LogP contribution in [0.1, 0.15) is 35.3 Å². The summed E-state index contributed by atoms with van der Waals surface area (Å²) in [6, 6.07) is 10.5. The second-order valence-corrected chi connectivity index (χ2v) is 6.91. The highest BCUT2D eigenvalue weighted by Crippen LogP contribution is 2.32. The Hall–Kier alpha value is -2.14. The third-order valence-corrected chi connectivity index (χ3v) is 4.50. The molecule has 0 spiro atoms. The molecule has 0 aliphatic carbocycles. The van der Waals surface area contributed by atoms with Crippen LogP contribution in [0.3, 0.4) is 0 Å². The molecule has 0 fully saturated rings. The molecular formula is C20H21BrO4. The molecule has 0 aliphatic heterocycles. The molecule has 0 atom stereocenters. The zero-order valence-corrected chi connectivity index (χ0v) is 16.3. The minimum absolute atomic E-state index is 0.0667. The van der Waals surface area contributed by atoms with Gasteiger partial charge in [0.2, 0.25) is 0 Å². The highest BCUT2D eigenvalue weighted by molar-refractivity contribution is 9.10. The van der Waals surface area contributed by atoms with Gasteiger partial charge in [-0.2, -0.15) is 0 Å². The number of carbonyl (C=O) groups excluding carboxylic acids is 2. The summed E-state index contributed by atoms with van der Waals surface area (Å²) in [4.78, 5) is 25.2. The standard InChI is InChI=1S/C20H21BrO4/c1-12(2)17(22)9-14-10-18(24-3)19(25-4)11-16(14)20(23)13-5-7-15(21)8-6-13/h5-8,10-12H,9H2,1-4H3. The molecule has 132 valence electrons. The number of hydrogen-bond donors (Lipinski definition) is 0. The van der Waals surface area contributed by atoms with Crippen molar-refractivity contribution >= 4 is 27.5 Å². The van der Waals surface area contributed by atoms with E-state index in [0.717, 1.165) is 4.47 Å². The van der Waals surface area contributed by atoms with E-state index in [4.69, 9.17) is 9.47 Å². The van der Waals surface area contributed by atoms with Crippen molar-refractivity contribution in [3.05, 3.63) is 57.6 Å². The minimum Gasteiger partial charge on any atom is -0.493 e. The maximum atomic E-state index is 13.0. The molecule has 0 heterocycles. The maximum Gasteiger partial charge on any atom is 0.193 e. The fourth-order valence-electron chi connectivity index (χ4n) is 2.43. The van der Waals surface area contributed by atoms with E-state index < -0.39 is 0 Å². The fourth-order valence-corrected chi connectivity index (χ4v) is 2.69. The summed E-state index contributed by atoms with van der Waals surface area (Å²) in [6.07, 6.45) is 0.176. The van der Waals surface area contributed by atoms with E-state index >= 15 is 0 Å². The highest BCUT2D eigenvalue weighted by atomic mass is 79.9. The third-order valence-electron chi connectivity index (χ3n) is 3.97. The molecular weight excluding hydrogens is 384 g/mol. The predicted molar refractivity (Wildman–Crippen MR) is 101 cm³/mol. The number of hydrogen-bond acceptors (Lipinski definition) is 4. The number of ether oxygens (including phenoxy) is 2. The van der Waals surface area contributed by atoms with Gasteiger partial charge in [0.1, 0.15) is 5.78 Å². The van der Waals surface area contributed by atoms with Gasteiger partial charge in [-0.05, 0) is 42.0 Å². The van der Waals surface area contributed by atoms with Crippen LogP contribution in [-0.4, -0.2) is 25.8 Å². The number of halogens is 1. The lowest BCUT2D eigenvalue weighted by Crippen LogP contribution is -2.14. The van der Waals surface area contributed by atoms with Crippen molar-refractivity contribution in [1.29, 1.82) is 0 Å². The van der Waals surface area contributed by atoms with E-state index in [1.165, 1.54) is 14.2 Å². The average molecular weight is 405 g/mol. The minimum atomic E-state index is -0.153. The van der Waals surface area contributed by atoms with Gasteiger partial charge in [-0.1, -0.05) is 29.8 Å². The van der Waals surface area contributed by atoms with Gasteiger partial charge in [0.25, 0.3) is 0 Å². The van der Waals surface area contributed by atoms with Crippen LogP contribution in [-0.2, 0) is 11.2 Å². The molecule has 0 N–H and O–H groups in total. The van der Waals surface area contributed by atoms with Crippen molar-refractivity contribution in [2.24, 2.45) is 5.92 Å². The van der Waals surface area contributed by atoms with Crippen LogP contribution in [0.5, 0.6) is 11.5 Å². The van der Waals surface area contributed by atoms with E-state index in [-0.39, 0.29) is 23.9 Å². The SMILES string of the molecule is COc1cc(CC(=O)C(C)C)c(C(=O)c2ccc(Br)cc2)cc1OC. The first-order valence-corrected chi connectivity index (χ1v) is 8.74. The zero-order valence-electron chi connectivity index (χ0n) is 14.8. The monoisotopic (exact) mass is 404 g/mol. The molecule has 4 nitrogen and oxygen atoms in total. The number of ketones is 2. The van der Waals surface area contributed by atoms with Crippen LogP contribution in [0, 0.1) is 5.92 Å². The van der Waals surface area contributed by atoms with Crippen LogP contribution in [0.25, 0.3) is 0 Å². The Kier molecular flexibility index (Phi) is 6.37. The Balaban J connectivity index is 2.54. The Labute approximate surface area is 156 Å². The molecule has 2 aromatic rings. The lowest BCUT2D eigenvalue weighted by molar-refractivity contribution is -0.121. The third kappa shape index (κ3) is 4.48. The van der Waals surface area contributed by atoms with Gasteiger partial charge in [0, 0.05) is 27.9 Å². The second kappa shape index (κ2) is 8.30. The first-order valence-electron chi connectivity index (χ1n) is 7.95. The molecule has 25 heavy (non-hydrogen) atoms. The number of carbonyl (C=O) groups is 2. The lowest BCUT2D eigenvalue weighted by Gasteiger charge is -2.15. The van der Waals surface area contributed by atoms with E-state index in [9.17, 15) is 9.59 Å². The van der Waals surface area contributed by atoms with Crippen molar-refractivity contribution in [2.45, 2.75) is 20.3 Å². The largest absolute Gasteiger partial charge is 0.493 e. The smallest absolute Gasteiger partial charge is 0.193 e. The molecule has 0 saturated carbocycles. The van der Waals surface area contributed by atoms with Gasteiger partial charge >= 0.3 is 0 Å². The van der Waals surface area contributed by atoms with Crippen LogP contribution < -0.4 is 9.47 Å². The second-order valence-electron chi connectivity index (χ2n) is 6.00. The molecule has 2 aromatic carbocycles. The van der Waals surface area contributed by atoms with Crippen LogP contribution >= 0.6 is 15.9 Å². The Morgan fingerprint density at radius 2 is 1.56 bits per heavy atom. The normalized spacial score (nSPS) is 10.6. The van der Waals surface area contributed by atoms with E-state index in [1.54, 1.807) is 24.3 Å².